The summed E-state index contributed by atoms with van der Waals surface area (Å²) >= 11 is 5.00. The highest BCUT2D eigenvalue weighted by Gasteiger charge is 2.07. The van der Waals surface area contributed by atoms with Gasteiger partial charge in [-0.05, 0) is 52.1 Å². The van der Waals surface area contributed by atoms with Crippen molar-refractivity contribution in [1.29, 1.82) is 0 Å². The fourth-order valence-electron chi connectivity index (χ4n) is 1.55. The van der Waals surface area contributed by atoms with Crippen molar-refractivity contribution in [1.82, 2.24) is 5.32 Å². The van der Waals surface area contributed by atoms with Gasteiger partial charge in [0.1, 0.15) is 6.61 Å². The highest BCUT2D eigenvalue weighted by Crippen LogP contribution is 2.25. The minimum absolute atomic E-state index is 0.287. The van der Waals surface area contributed by atoms with Crippen molar-refractivity contribution in [3.63, 3.8) is 0 Å². The summed E-state index contributed by atoms with van der Waals surface area (Å²) in [5, 5.41) is 4.95. The fraction of sp³-hybridized carbons (Fsp3) is 0.231. The van der Waals surface area contributed by atoms with Gasteiger partial charge < -0.3 is 10.1 Å². The van der Waals surface area contributed by atoms with Crippen molar-refractivity contribution < 1.29 is 9.13 Å². The van der Waals surface area contributed by atoms with Gasteiger partial charge in [-0.3, -0.25) is 0 Å². The molecule has 0 atom stereocenters. The molecule has 0 spiro atoms. The Bertz CT molecular complexity index is 529. The van der Waals surface area contributed by atoms with Crippen LogP contribution in [0.25, 0.3) is 0 Å². The third-order valence-corrected chi connectivity index (χ3v) is 4.33. The molecule has 96 valence electrons. The molecule has 2 rings (SSSR count). The number of thiophene rings is 1. The second kappa shape index (κ2) is 6.31. The van der Waals surface area contributed by atoms with Gasteiger partial charge in [-0.2, -0.15) is 0 Å². The standard InChI is InChI=1S/C13H13BrFNOS/c1-16-7-9-2-3-12(11(15)6-9)17-8-13-10(14)4-5-18-13/h2-6,16H,7-8H2,1H3. The summed E-state index contributed by atoms with van der Waals surface area (Å²) in [4.78, 5) is 1.05. The van der Waals surface area contributed by atoms with E-state index >= 15 is 0 Å². The summed E-state index contributed by atoms with van der Waals surface area (Å²) < 4.78 is 20.2. The Kier molecular flexibility index (Phi) is 4.74. The molecule has 1 aromatic carbocycles. The number of hydrogen-bond donors (Lipinski definition) is 1. The maximum absolute atomic E-state index is 13.7. The normalized spacial score (nSPS) is 10.6. The molecular weight excluding hydrogens is 317 g/mol. The zero-order valence-electron chi connectivity index (χ0n) is 9.87. The van der Waals surface area contributed by atoms with Crippen LogP contribution in [-0.2, 0) is 13.2 Å². The van der Waals surface area contributed by atoms with E-state index in [1.165, 1.54) is 6.07 Å². The van der Waals surface area contributed by atoms with Crippen LogP contribution < -0.4 is 10.1 Å². The van der Waals surface area contributed by atoms with Crippen molar-refractivity contribution in [2.75, 3.05) is 7.05 Å². The summed E-state index contributed by atoms with van der Waals surface area (Å²) in [6.07, 6.45) is 0. The number of halogens is 2. The van der Waals surface area contributed by atoms with E-state index in [1.807, 2.05) is 24.6 Å². The zero-order chi connectivity index (χ0) is 13.0. The maximum atomic E-state index is 13.7. The van der Waals surface area contributed by atoms with E-state index in [9.17, 15) is 4.39 Å². The van der Waals surface area contributed by atoms with Crippen molar-refractivity contribution >= 4 is 27.3 Å². The van der Waals surface area contributed by atoms with Crippen LogP contribution in [-0.4, -0.2) is 7.05 Å². The SMILES string of the molecule is CNCc1ccc(OCc2sccc2Br)c(F)c1. The van der Waals surface area contributed by atoms with E-state index < -0.39 is 0 Å². The van der Waals surface area contributed by atoms with Gasteiger partial charge in [0.05, 0.1) is 4.88 Å². The van der Waals surface area contributed by atoms with Crippen LogP contribution >= 0.6 is 27.3 Å². The van der Waals surface area contributed by atoms with Crippen LogP contribution in [0.15, 0.2) is 34.1 Å². The van der Waals surface area contributed by atoms with Crippen LogP contribution in [0.5, 0.6) is 5.75 Å². The Balaban J connectivity index is 2.03. The predicted molar refractivity (Wildman–Crippen MR) is 75.5 cm³/mol. The van der Waals surface area contributed by atoms with Gasteiger partial charge in [-0.1, -0.05) is 6.07 Å². The number of ether oxygens (including phenoxy) is 1. The van der Waals surface area contributed by atoms with E-state index in [4.69, 9.17) is 4.74 Å². The summed E-state index contributed by atoms with van der Waals surface area (Å²) in [7, 11) is 1.83. The van der Waals surface area contributed by atoms with Gasteiger partial charge in [-0.25, -0.2) is 4.39 Å². The average Bonchev–Trinajstić information content (AvgIpc) is 2.74. The largest absolute Gasteiger partial charge is 0.485 e. The number of benzene rings is 1. The lowest BCUT2D eigenvalue weighted by molar-refractivity contribution is 0.293. The van der Waals surface area contributed by atoms with Crippen molar-refractivity contribution in [2.45, 2.75) is 13.2 Å². The molecule has 0 bridgehead atoms. The zero-order valence-corrected chi connectivity index (χ0v) is 12.3. The minimum Gasteiger partial charge on any atom is -0.485 e. The highest BCUT2D eigenvalue weighted by molar-refractivity contribution is 9.10. The highest BCUT2D eigenvalue weighted by atomic mass is 79.9. The molecule has 1 heterocycles. The van der Waals surface area contributed by atoms with E-state index in [0.717, 1.165) is 14.9 Å². The fourth-order valence-corrected chi connectivity index (χ4v) is 2.92. The van der Waals surface area contributed by atoms with Gasteiger partial charge in [-0.15, -0.1) is 11.3 Å². The van der Waals surface area contributed by atoms with Gasteiger partial charge in [0, 0.05) is 11.0 Å². The van der Waals surface area contributed by atoms with E-state index in [0.29, 0.717) is 13.2 Å². The van der Waals surface area contributed by atoms with Crippen molar-refractivity contribution in [2.24, 2.45) is 0 Å². The monoisotopic (exact) mass is 329 g/mol. The molecule has 0 amide bonds. The molecule has 1 N–H and O–H groups in total. The molecule has 0 saturated carbocycles. The van der Waals surface area contributed by atoms with Gasteiger partial charge >= 0.3 is 0 Å². The molecule has 0 radical (unpaired) electrons. The first-order valence-electron chi connectivity index (χ1n) is 5.48. The minimum atomic E-state index is -0.324. The van der Waals surface area contributed by atoms with Crippen LogP contribution in [0.4, 0.5) is 4.39 Å². The Morgan fingerprint density at radius 2 is 2.22 bits per heavy atom. The van der Waals surface area contributed by atoms with Crippen LogP contribution in [0.3, 0.4) is 0 Å². The van der Waals surface area contributed by atoms with E-state index in [1.54, 1.807) is 17.4 Å². The molecule has 0 aliphatic rings. The lowest BCUT2D eigenvalue weighted by Crippen LogP contribution is -2.05. The summed E-state index contributed by atoms with van der Waals surface area (Å²) in [6, 6.07) is 6.98. The molecular formula is C13H13BrFNOS. The Hall–Kier alpha value is -0.910. The van der Waals surface area contributed by atoms with Gasteiger partial charge in [0.15, 0.2) is 11.6 Å². The summed E-state index contributed by atoms with van der Waals surface area (Å²) in [5.74, 6) is -0.0365. The molecule has 0 aliphatic carbocycles. The van der Waals surface area contributed by atoms with Gasteiger partial charge in [0.2, 0.25) is 0 Å². The summed E-state index contributed by atoms with van der Waals surface area (Å²) in [5.41, 5.74) is 0.902. The lowest BCUT2D eigenvalue weighted by Gasteiger charge is -2.08. The topological polar surface area (TPSA) is 21.3 Å². The Morgan fingerprint density at radius 1 is 1.39 bits per heavy atom. The first-order valence-corrected chi connectivity index (χ1v) is 7.15. The van der Waals surface area contributed by atoms with E-state index in [-0.39, 0.29) is 11.6 Å². The second-order valence-electron chi connectivity index (χ2n) is 3.78. The molecule has 0 fully saturated rings. The molecule has 1 aromatic heterocycles. The molecule has 0 aliphatic heterocycles. The first kappa shape index (κ1) is 13.5. The maximum Gasteiger partial charge on any atom is 0.165 e. The number of rotatable bonds is 5. The molecule has 2 nitrogen and oxygen atoms in total. The number of nitrogens with one attached hydrogen (secondary N) is 1. The van der Waals surface area contributed by atoms with Crippen molar-refractivity contribution in [3.05, 3.63) is 50.4 Å². The van der Waals surface area contributed by atoms with Crippen molar-refractivity contribution in [3.8, 4) is 5.75 Å². The summed E-state index contributed by atoms with van der Waals surface area (Å²) in [6.45, 7) is 1.02. The van der Waals surface area contributed by atoms with Gasteiger partial charge in [0.25, 0.3) is 0 Å². The first-order chi connectivity index (χ1) is 8.70. The lowest BCUT2D eigenvalue weighted by atomic mass is 10.2. The third kappa shape index (κ3) is 3.31. The Labute approximate surface area is 118 Å². The molecule has 18 heavy (non-hydrogen) atoms. The van der Waals surface area contributed by atoms with Crippen LogP contribution in [0.2, 0.25) is 0 Å². The number of hydrogen-bond acceptors (Lipinski definition) is 3. The average molecular weight is 330 g/mol. The predicted octanol–water partition coefficient (Wildman–Crippen LogP) is 3.95. The Morgan fingerprint density at radius 3 is 2.83 bits per heavy atom. The van der Waals surface area contributed by atoms with E-state index in [2.05, 4.69) is 21.2 Å². The molecule has 5 heteroatoms. The van der Waals surface area contributed by atoms with Crippen LogP contribution in [0.1, 0.15) is 10.4 Å². The molecule has 2 aromatic rings. The molecule has 0 unspecified atom stereocenters. The quantitative estimate of drug-likeness (QED) is 0.896. The third-order valence-electron chi connectivity index (χ3n) is 2.43. The van der Waals surface area contributed by atoms with Crippen LogP contribution in [0, 0.1) is 5.82 Å². The molecule has 0 saturated heterocycles. The smallest absolute Gasteiger partial charge is 0.165 e. The second-order valence-corrected chi connectivity index (χ2v) is 5.63.